The van der Waals surface area contributed by atoms with Gasteiger partial charge in [0.25, 0.3) is 0 Å². The van der Waals surface area contributed by atoms with E-state index in [0.717, 1.165) is 44.9 Å². The molecule has 8 atom stereocenters. The number of hydrogen-bond donors (Lipinski definition) is 7. The van der Waals surface area contributed by atoms with Gasteiger partial charge in [-0.05, 0) is 44.9 Å². The summed E-state index contributed by atoms with van der Waals surface area (Å²) in [6, 6.07) is -1.14. The first-order chi connectivity index (χ1) is 30.9. The first kappa shape index (κ1) is 60.3. The maximum Gasteiger partial charge on any atom is 0.397 e. The van der Waals surface area contributed by atoms with Crippen LogP contribution in [0.4, 0.5) is 0 Å². The molecule has 1 fully saturated rings. The molecule has 64 heavy (non-hydrogen) atoms. The van der Waals surface area contributed by atoms with Gasteiger partial charge in [-0.15, -0.1) is 0 Å². The minimum Gasteiger partial charge on any atom is -0.394 e. The highest BCUT2D eigenvalue weighted by atomic mass is 32.3. The summed E-state index contributed by atoms with van der Waals surface area (Å²) in [5.74, 6) is -0.715. The van der Waals surface area contributed by atoms with E-state index in [2.05, 4.69) is 47.7 Å². The summed E-state index contributed by atoms with van der Waals surface area (Å²) in [5, 5.41) is 55.3. The van der Waals surface area contributed by atoms with Gasteiger partial charge in [0.05, 0.1) is 25.4 Å². The van der Waals surface area contributed by atoms with Gasteiger partial charge >= 0.3 is 10.4 Å². The van der Waals surface area contributed by atoms with E-state index in [4.69, 9.17) is 9.47 Å². The molecule has 376 valence electrons. The maximum atomic E-state index is 13.1. The first-order valence-corrected chi connectivity index (χ1v) is 26.8. The van der Waals surface area contributed by atoms with E-state index in [-0.39, 0.29) is 6.42 Å². The van der Waals surface area contributed by atoms with Crippen LogP contribution in [0.2, 0.25) is 0 Å². The van der Waals surface area contributed by atoms with Crippen molar-refractivity contribution in [2.24, 2.45) is 0 Å². The Hall–Kier alpha value is -1.72. The zero-order valence-corrected chi connectivity index (χ0v) is 40.8. The second-order valence-electron chi connectivity index (χ2n) is 17.9. The van der Waals surface area contributed by atoms with Crippen LogP contribution in [0.15, 0.2) is 36.5 Å². The summed E-state index contributed by atoms with van der Waals surface area (Å²) in [7, 11) is -5.12. The average Bonchev–Trinajstić information content (AvgIpc) is 3.27. The van der Waals surface area contributed by atoms with Gasteiger partial charge in [0.2, 0.25) is 5.91 Å². The molecule has 1 rings (SSSR count). The highest BCUT2D eigenvalue weighted by Crippen LogP contribution is 2.26. The van der Waals surface area contributed by atoms with Crippen LogP contribution in [0.1, 0.15) is 213 Å². The second kappa shape index (κ2) is 40.4. The number of amides is 1. The number of nitrogens with one attached hydrogen (secondary N) is 1. The van der Waals surface area contributed by atoms with Gasteiger partial charge in [-0.3, -0.25) is 9.35 Å². The molecular formula is C50H93NO12S. The number of carbonyl (C=O) groups is 1. The van der Waals surface area contributed by atoms with Crippen LogP contribution in [0.3, 0.4) is 0 Å². The summed E-state index contributed by atoms with van der Waals surface area (Å²) in [6.07, 6.45) is 36.5. The van der Waals surface area contributed by atoms with Crippen LogP contribution in [0.5, 0.6) is 0 Å². The van der Waals surface area contributed by atoms with Gasteiger partial charge in [0.15, 0.2) is 6.29 Å². The third kappa shape index (κ3) is 32.1. The summed E-state index contributed by atoms with van der Waals surface area (Å²) < 4.78 is 47.6. The van der Waals surface area contributed by atoms with Crippen LogP contribution < -0.4 is 5.32 Å². The number of carbonyl (C=O) groups excluding carboxylic acids is 1. The quantitative estimate of drug-likeness (QED) is 0.0173. The highest BCUT2D eigenvalue weighted by Gasteiger charge is 2.48. The Kier molecular flexibility index (Phi) is 38.0. The molecule has 1 heterocycles. The van der Waals surface area contributed by atoms with Crippen molar-refractivity contribution in [3.05, 3.63) is 36.5 Å². The molecular weight excluding hydrogens is 839 g/mol. The van der Waals surface area contributed by atoms with Crippen LogP contribution in [0.25, 0.3) is 0 Å². The molecule has 1 aliphatic heterocycles. The van der Waals surface area contributed by atoms with Crippen molar-refractivity contribution in [2.75, 3.05) is 13.2 Å². The molecule has 0 radical (unpaired) electrons. The third-order valence-corrected chi connectivity index (χ3v) is 12.5. The van der Waals surface area contributed by atoms with Crippen molar-refractivity contribution in [3.8, 4) is 0 Å². The normalized spacial score (nSPS) is 21.0. The van der Waals surface area contributed by atoms with Crippen molar-refractivity contribution >= 4 is 16.3 Å². The number of unbranched alkanes of at least 4 members (excludes halogenated alkanes) is 26. The lowest BCUT2D eigenvalue weighted by atomic mass is 9.99. The maximum absolute atomic E-state index is 13.1. The molecule has 1 aliphatic rings. The van der Waals surface area contributed by atoms with E-state index >= 15 is 0 Å². The number of hydrogen-bond acceptors (Lipinski definition) is 11. The van der Waals surface area contributed by atoms with Gasteiger partial charge in [-0.1, -0.05) is 204 Å². The monoisotopic (exact) mass is 932 g/mol. The van der Waals surface area contributed by atoms with Gasteiger partial charge in [0, 0.05) is 0 Å². The Bertz CT molecular complexity index is 1300. The standard InChI is InChI=1S/C50H93NO12S/c1-3-5-7-9-11-13-15-17-19-20-21-22-23-24-25-27-28-30-32-34-36-38-43(53)42(41-61-50-47(56)48(63-64(58,59)60)46(55)45(40-52)62-50)51-49(57)44(54)39-37-35-33-31-29-26-18-16-14-12-10-8-6-4-2/h23-24,28,30,36,38,42-48,50,52-56H,3-22,25-27,29,31-35,37,39-41H2,1-2H3,(H,51,57)(H,58,59,60)/b24-23+,30-28+,38-36+. The Morgan fingerprint density at radius 3 is 1.50 bits per heavy atom. The molecule has 0 aromatic rings. The van der Waals surface area contributed by atoms with Crippen LogP contribution >= 0.6 is 0 Å². The minimum absolute atomic E-state index is 0.236. The molecule has 1 saturated heterocycles. The lowest BCUT2D eigenvalue weighted by molar-refractivity contribution is -0.298. The topological polar surface area (TPSA) is 212 Å². The molecule has 1 amide bonds. The molecule has 8 unspecified atom stereocenters. The summed E-state index contributed by atoms with van der Waals surface area (Å²) >= 11 is 0. The molecule has 0 bridgehead atoms. The average molecular weight is 932 g/mol. The molecule has 13 nitrogen and oxygen atoms in total. The lowest BCUT2D eigenvalue weighted by Crippen LogP contribution is -2.61. The van der Waals surface area contributed by atoms with Gasteiger partial charge in [-0.25, -0.2) is 4.18 Å². The molecule has 7 N–H and O–H groups in total. The van der Waals surface area contributed by atoms with Gasteiger partial charge in [-0.2, -0.15) is 8.42 Å². The van der Waals surface area contributed by atoms with Crippen molar-refractivity contribution in [3.63, 3.8) is 0 Å². The van der Waals surface area contributed by atoms with Crippen molar-refractivity contribution in [1.82, 2.24) is 5.32 Å². The van der Waals surface area contributed by atoms with Gasteiger partial charge in [0.1, 0.15) is 30.5 Å². The molecule has 0 aromatic heterocycles. The number of aliphatic hydroxyl groups is 5. The van der Waals surface area contributed by atoms with E-state index in [1.807, 2.05) is 0 Å². The zero-order valence-electron chi connectivity index (χ0n) is 40.0. The molecule has 0 saturated carbocycles. The fourth-order valence-electron chi connectivity index (χ4n) is 7.96. The molecule has 0 aliphatic carbocycles. The van der Waals surface area contributed by atoms with E-state index in [1.165, 1.54) is 141 Å². The van der Waals surface area contributed by atoms with E-state index in [0.29, 0.717) is 12.8 Å². The SMILES string of the molecule is CCCCCCCCCCCCC/C=C/CC/C=C/CC/C=C/C(O)C(COC1OC(CO)C(O)C(OS(=O)(=O)O)C1O)NC(=O)C(O)CCCCCCCCCCCCCCCC. The van der Waals surface area contributed by atoms with Gasteiger partial charge < -0.3 is 40.3 Å². The largest absolute Gasteiger partial charge is 0.397 e. The number of aliphatic hydroxyl groups excluding tert-OH is 5. The lowest BCUT2D eigenvalue weighted by Gasteiger charge is -2.41. The van der Waals surface area contributed by atoms with E-state index in [1.54, 1.807) is 6.08 Å². The Labute approximate surface area is 388 Å². The highest BCUT2D eigenvalue weighted by molar-refractivity contribution is 7.80. The Morgan fingerprint density at radius 1 is 0.625 bits per heavy atom. The number of ether oxygens (including phenoxy) is 2. The molecule has 0 spiro atoms. The summed E-state index contributed by atoms with van der Waals surface area (Å²) in [4.78, 5) is 13.1. The third-order valence-electron chi connectivity index (χ3n) is 12.0. The van der Waals surface area contributed by atoms with Crippen LogP contribution in [0, 0.1) is 0 Å². The summed E-state index contributed by atoms with van der Waals surface area (Å²) in [5.41, 5.74) is 0. The first-order valence-electron chi connectivity index (χ1n) is 25.5. The zero-order chi connectivity index (χ0) is 47.1. The summed E-state index contributed by atoms with van der Waals surface area (Å²) in [6.45, 7) is 3.21. The molecule has 14 heteroatoms. The van der Waals surface area contributed by atoms with E-state index in [9.17, 15) is 43.3 Å². The fraction of sp³-hybridized carbons (Fsp3) is 0.860. The van der Waals surface area contributed by atoms with Crippen LogP contribution in [-0.4, -0.2) is 107 Å². The molecule has 0 aromatic carbocycles. The number of allylic oxidation sites excluding steroid dienone is 5. The second-order valence-corrected chi connectivity index (χ2v) is 18.9. The van der Waals surface area contributed by atoms with Crippen LogP contribution in [-0.2, 0) is 28.9 Å². The predicted molar refractivity (Wildman–Crippen MR) is 256 cm³/mol. The van der Waals surface area contributed by atoms with E-state index < -0.39 is 78.5 Å². The van der Waals surface area contributed by atoms with Crippen molar-refractivity contribution < 1.29 is 57.0 Å². The fourth-order valence-corrected chi connectivity index (χ4v) is 8.47. The van der Waals surface area contributed by atoms with Crippen molar-refractivity contribution in [2.45, 2.75) is 262 Å². The smallest absolute Gasteiger partial charge is 0.394 e. The van der Waals surface area contributed by atoms with Crippen molar-refractivity contribution in [1.29, 1.82) is 0 Å². The predicted octanol–water partition coefficient (Wildman–Crippen LogP) is 9.64. The Morgan fingerprint density at radius 2 is 1.05 bits per heavy atom. The Balaban J connectivity index is 2.56. The number of rotatable bonds is 43. The minimum atomic E-state index is -5.12.